The molecule has 0 spiro atoms. The van der Waals surface area contributed by atoms with Gasteiger partial charge >= 0.3 is 17.9 Å². The summed E-state index contributed by atoms with van der Waals surface area (Å²) in [4.78, 5) is 38.0. The molecule has 0 amide bonds. The van der Waals surface area contributed by atoms with Gasteiger partial charge in [0.1, 0.15) is 13.2 Å². The number of hydrogen-bond donors (Lipinski definition) is 0. The summed E-state index contributed by atoms with van der Waals surface area (Å²) in [5.41, 5.74) is 0. The Morgan fingerprint density at radius 2 is 0.527 bits per heavy atom. The van der Waals surface area contributed by atoms with Crippen LogP contribution in [0.25, 0.3) is 0 Å². The third-order valence-corrected chi connectivity index (χ3v) is 12.4. The number of esters is 3. The van der Waals surface area contributed by atoms with E-state index in [-0.39, 0.29) is 31.1 Å². The summed E-state index contributed by atoms with van der Waals surface area (Å²) >= 11 is 0. The Balaban J connectivity index is 4.19. The van der Waals surface area contributed by atoms with E-state index in [4.69, 9.17) is 14.2 Å². The molecule has 0 radical (unpaired) electrons. The summed E-state index contributed by atoms with van der Waals surface area (Å²) in [5, 5.41) is 0. The van der Waals surface area contributed by atoms with Crippen molar-refractivity contribution in [1.82, 2.24) is 0 Å². The minimum absolute atomic E-state index is 0.0893. The fourth-order valence-electron chi connectivity index (χ4n) is 7.94. The molecule has 74 heavy (non-hydrogen) atoms. The predicted octanol–water partition coefficient (Wildman–Crippen LogP) is 20.6. The van der Waals surface area contributed by atoms with Crippen molar-refractivity contribution >= 4 is 17.9 Å². The van der Waals surface area contributed by atoms with Gasteiger partial charge in [0.15, 0.2) is 6.10 Å². The zero-order valence-electron chi connectivity index (χ0n) is 47.8. The second-order valence-corrected chi connectivity index (χ2v) is 19.5. The summed E-state index contributed by atoms with van der Waals surface area (Å²) < 4.78 is 16.8. The van der Waals surface area contributed by atoms with Crippen LogP contribution in [-0.4, -0.2) is 37.2 Å². The molecule has 0 rings (SSSR count). The largest absolute Gasteiger partial charge is 0.462 e. The first-order valence-corrected chi connectivity index (χ1v) is 30.2. The molecule has 0 aromatic carbocycles. The van der Waals surface area contributed by atoms with Gasteiger partial charge in [0.25, 0.3) is 0 Å². The minimum Gasteiger partial charge on any atom is -0.462 e. The topological polar surface area (TPSA) is 78.9 Å². The van der Waals surface area contributed by atoms with Crippen LogP contribution in [0.3, 0.4) is 0 Å². The van der Waals surface area contributed by atoms with Crippen molar-refractivity contribution in [2.45, 2.75) is 264 Å². The number of carbonyl (C=O) groups excluding carboxylic acids is 3. The van der Waals surface area contributed by atoms with E-state index in [1.165, 1.54) is 64.2 Å². The first-order chi connectivity index (χ1) is 36.5. The van der Waals surface area contributed by atoms with E-state index in [2.05, 4.69) is 154 Å². The van der Waals surface area contributed by atoms with Gasteiger partial charge in [0.05, 0.1) is 0 Å². The molecule has 0 aromatic rings. The van der Waals surface area contributed by atoms with Gasteiger partial charge in [-0.1, -0.05) is 257 Å². The lowest BCUT2D eigenvalue weighted by Crippen LogP contribution is -2.30. The van der Waals surface area contributed by atoms with E-state index in [9.17, 15) is 14.4 Å². The summed E-state index contributed by atoms with van der Waals surface area (Å²) in [5.74, 6) is -0.922. The Kier molecular flexibility index (Phi) is 57.4. The quantitative estimate of drug-likeness (QED) is 0.0261. The van der Waals surface area contributed by atoms with E-state index in [0.29, 0.717) is 19.3 Å². The molecule has 1 atom stereocenters. The van der Waals surface area contributed by atoms with Gasteiger partial charge in [-0.15, -0.1) is 0 Å². The van der Waals surface area contributed by atoms with Crippen molar-refractivity contribution in [2.24, 2.45) is 0 Å². The molecule has 0 saturated carbocycles. The van der Waals surface area contributed by atoms with Gasteiger partial charge in [-0.05, 0) is 116 Å². The highest BCUT2D eigenvalue weighted by molar-refractivity contribution is 5.71. The summed E-state index contributed by atoms with van der Waals surface area (Å²) in [6.07, 6.45) is 86.1. The maximum absolute atomic E-state index is 12.8. The minimum atomic E-state index is -0.791. The third-order valence-electron chi connectivity index (χ3n) is 12.4. The van der Waals surface area contributed by atoms with Crippen molar-refractivity contribution in [3.63, 3.8) is 0 Å². The van der Waals surface area contributed by atoms with E-state index in [1.54, 1.807) is 0 Å². The van der Waals surface area contributed by atoms with Crippen LogP contribution in [0.1, 0.15) is 258 Å². The van der Waals surface area contributed by atoms with E-state index in [1.807, 2.05) is 0 Å². The van der Waals surface area contributed by atoms with Crippen LogP contribution in [0.5, 0.6) is 0 Å². The zero-order chi connectivity index (χ0) is 53.6. The summed E-state index contributed by atoms with van der Waals surface area (Å²) in [6, 6.07) is 0. The Hall–Kier alpha value is -4.45. The smallest absolute Gasteiger partial charge is 0.306 e. The standard InChI is InChI=1S/C68H110O6/c1-4-7-10-13-16-19-21-23-25-26-27-28-29-30-31-32-33-34-35-36-37-38-39-40-41-42-44-45-47-49-52-55-58-61-67(70)73-64-65(63-72-66(69)60-57-54-51-18-15-12-9-6-3)74-68(71)62-59-56-53-50-48-46-43-24-22-20-17-14-11-8-5-2/h7-8,10-11,16-17,19-20,23-25,27-28,30-31,33-34,36-37,39-40,43,65H,4-6,9,12-15,18,21-22,26,29,32,35,38,41-42,44-64H2,1-3H3/b10-7-,11-8-,19-16-,20-17-,25-23-,28-27-,31-30-,34-33-,37-36-,40-39-,43-24-. The first-order valence-electron chi connectivity index (χ1n) is 30.2. The van der Waals surface area contributed by atoms with Gasteiger partial charge < -0.3 is 14.2 Å². The highest BCUT2D eigenvalue weighted by Crippen LogP contribution is 2.14. The molecule has 0 aromatic heterocycles. The second kappa shape index (κ2) is 61.1. The Labute approximate surface area is 455 Å². The SMILES string of the molecule is CC/C=C\C/C=C\C/C=C\C/C=C\C/C=C\C/C=C\C/C=C\C/C=C\CCCCCCCCCCC(=O)OCC(COC(=O)CCCCCCCCCC)OC(=O)CCCCCCC/C=C\C/C=C\C/C=C\CC. The van der Waals surface area contributed by atoms with Crippen LogP contribution in [-0.2, 0) is 28.6 Å². The molecule has 0 bridgehead atoms. The van der Waals surface area contributed by atoms with Crippen molar-refractivity contribution in [2.75, 3.05) is 13.2 Å². The van der Waals surface area contributed by atoms with Crippen LogP contribution >= 0.6 is 0 Å². The Bertz CT molecular complexity index is 1600. The lowest BCUT2D eigenvalue weighted by molar-refractivity contribution is -0.167. The number of rotatable bonds is 53. The van der Waals surface area contributed by atoms with Crippen molar-refractivity contribution < 1.29 is 28.6 Å². The van der Waals surface area contributed by atoms with Crippen LogP contribution < -0.4 is 0 Å². The third kappa shape index (κ3) is 58.4. The molecular weight excluding hydrogens is 913 g/mol. The summed E-state index contributed by atoms with van der Waals surface area (Å²) in [7, 11) is 0. The molecular formula is C68H110O6. The molecule has 0 aliphatic carbocycles. The highest BCUT2D eigenvalue weighted by atomic mass is 16.6. The zero-order valence-corrected chi connectivity index (χ0v) is 47.8. The maximum atomic E-state index is 12.8. The van der Waals surface area contributed by atoms with Crippen LogP contribution in [0.4, 0.5) is 0 Å². The molecule has 6 heteroatoms. The molecule has 0 aliphatic heterocycles. The summed E-state index contributed by atoms with van der Waals surface area (Å²) in [6.45, 7) is 6.36. The fourth-order valence-corrected chi connectivity index (χ4v) is 7.94. The molecule has 0 heterocycles. The monoisotopic (exact) mass is 1020 g/mol. The van der Waals surface area contributed by atoms with Gasteiger partial charge in [0.2, 0.25) is 0 Å². The molecule has 1 unspecified atom stereocenters. The average Bonchev–Trinajstić information content (AvgIpc) is 3.40. The Morgan fingerprint density at radius 1 is 0.284 bits per heavy atom. The van der Waals surface area contributed by atoms with E-state index < -0.39 is 6.10 Å². The van der Waals surface area contributed by atoms with Gasteiger partial charge in [-0.3, -0.25) is 14.4 Å². The molecule has 0 aliphatic rings. The van der Waals surface area contributed by atoms with Crippen molar-refractivity contribution in [1.29, 1.82) is 0 Å². The normalized spacial score (nSPS) is 13.1. The predicted molar refractivity (Wildman–Crippen MR) is 320 cm³/mol. The second-order valence-electron chi connectivity index (χ2n) is 19.5. The molecule has 0 N–H and O–H groups in total. The fraction of sp³-hybridized carbons (Fsp3) is 0.632. The first kappa shape index (κ1) is 69.5. The number of hydrogen-bond acceptors (Lipinski definition) is 6. The Morgan fingerprint density at radius 3 is 0.824 bits per heavy atom. The maximum Gasteiger partial charge on any atom is 0.306 e. The molecule has 6 nitrogen and oxygen atoms in total. The van der Waals surface area contributed by atoms with E-state index in [0.717, 1.165) is 154 Å². The van der Waals surface area contributed by atoms with Gasteiger partial charge in [-0.2, -0.15) is 0 Å². The number of ether oxygens (including phenoxy) is 3. The number of allylic oxidation sites excluding steroid dienone is 22. The van der Waals surface area contributed by atoms with Crippen LogP contribution in [0.15, 0.2) is 134 Å². The van der Waals surface area contributed by atoms with Crippen molar-refractivity contribution in [3.8, 4) is 0 Å². The molecule has 0 saturated heterocycles. The van der Waals surface area contributed by atoms with Gasteiger partial charge in [0, 0.05) is 19.3 Å². The average molecular weight is 1020 g/mol. The van der Waals surface area contributed by atoms with Crippen molar-refractivity contribution in [3.05, 3.63) is 134 Å². The van der Waals surface area contributed by atoms with E-state index >= 15 is 0 Å². The van der Waals surface area contributed by atoms with Crippen LogP contribution in [0.2, 0.25) is 0 Å². The van der Waals surface area contributed by atoms with Crippen LogP contribution in [0, 0.1) is 0 Å². The number of unbranched alkanes of at least 4 members (excludes halogenated alkanes) is 20. The lowest BCUT2D eigenvalue weighted by atomic mass is 10.1. The lowest BCUT2D eigenvalue weighted by Gasteiger charge is -2.18. The highest BCUT2D eigenvalue weighted by Gasteiger charge is 2.19. The van der Waals surface area contributed by atoms with Gasteiger partial charge in [-0.25, -0.2) is 0 Å². The molecule has 418 valence electrons. The molecule has 0 fully saturated rings. The number of carbonyl (C=O) groups is 3.